The summed E-state index contributed by atoms with van der Waals surface area (Å²) in [6, 6.07) is 9.80. The molecule has 3 nitrogen and oxygen atoms in total. The number of halogens is 1. The normalized spacial score (nSPS) is 12.7. The monoisotopic (exact) mass is 271 g/mol. The number of hydrogen-bond donors (Lipinski definition) is 1. The van der Waals surface area contributed by atoms with Gasteiger partial charge in [-0.15, -0.1) is 0 Å². The van der Waals surface area contributed by atoms with Gasteiger partial charge in [0.25, 0.3) is 0 Å². The Kier molecular flexibility index (Phi) is 3.14. The Balaban J connectivity index is 1.94. The van der Waals surface area contributed by atoms with Crippen molar-refractivity contribution in [2.45, 2.75) is 6.42 Å². The van der Waals surface area contributed by atoms with Crippen LogP contribution in [-0.4, -0.2) is 19.4 Å². The molecule has 1 heterocycles. The highest BCUT2D eigenvalue weighted by Gasteiger charge is 2.16. The maximum Gasteiger partial charge on any atom is 0.193 e. The first-order valence-corrected chi connectivity index (χ1v) is 6.44. The number of hydrogen-bond acceptors (Lipinski definition) is 3. The number of benzene rings is 2. The van der Waals surface area contributed by atoms with Crippen molar-refractivity contribution < 1.29 is 13.9 Å². The summed E-state index contributed by atoms with van der Waals surface area (Å²) in [4.78, 5) is 12.4. The minimum absolute atomic E-state index is 0.139. The van der Waals surface area contributed by atoms with Crippen molar-refractivity contribution in [3.8, 4) is 5.75 Å². The van der Waals surface area contributed by atoms with Gasteiger partial charge in [0.05, 0.1) is 7.11 Å². The van der Waals surface area contributed by atoms with Gasteiger partial charge in [-0.25, -0.2) is 4.39 Å². The van der Waals surface area contributed by atoms with Crippen LogP contribution in [0, 0.1) is 5.82 Å². The molecule has 0 bridgehead atoms. The molecule has 2 aromatic carbocycles. The van der Waals surface area contributed by atoms with Crippen LogP contribution in [0.15, 0.2) is 36.4 Å². The molecule has 102 valence electrons. The van der Waals surface area contributed by atoms with Crippen LogP contribution in [0.2, 0.25) is 0 Å². The van der Waals surface area contributed by atoms with Gasteiger partial charge >= 0.3 is 0 Å². The minimum atomic E-state index is -0.527. The largest absolute Gasteiger partial charge is 0.494 e. The zero-order chi connectivity index (χ0) is 14.1. The molecule has 0 aliphatic carbocycles. The van der Waals surface area contributed by atoms with Crippen LogP contribution in [-0.2, 0) is 6.42 Å². The number of ether oxygens (including phenoxy) is 1. The van der Waals surface area contributed by atoms with Crippen molar-refractivity contribution in [2.24, 2.45) is 0 Å². The maximum absolute atomic E-state index is 13.7. The van der Waals surface area contributed by atoms with Crippen LogP contribution in [0.1, 0.15) is 21.5 Å². The summed E-state index contributed by atoms with van der Waals surface area (Å²) < 4.78 is 18.5. The molecule has 0 radical (unpaired) electrons. The average Bonchev–Trinajstić information content (AvgIpc) is 2.93. The smallest absolute Gasteiger partial charge is 0.193 e. The summed E-state index contributed by atoms with van der Waals surface area (Å²) in [5.74, 6) is -0.567. The molecule has 0 amide bonds. The first-order valence-electron chi connectivity index (χ1n) is 6.44. The van der Waals surface area contributed by atoms with Gasteiger partial charge in [-0.05, 0) is 48.4 Å². The number of nitrogens with one attached hydrogen (secondary N) is 1. The lowest BCUT2D eigenvalue weighted by atomic mass is 10.00. The first kappa shape index (κ1) is 12.7. The molecule has 0 unspecified atom stereocenters. The molecule has 0 saturated heterocycles. The third kappa shape index (κ3) is 2.13. The van der Waals surface area contributed by atoms with E-state index in [9.17, 15) is 9.18 Å². The molecule has 4 heteroatoms. The van der Waals surface area contributed by atoms with E-state index in [0.717, 1.165) is 24.2 Å². The number of anilines is 1. The molecule has 1 aliphatic rings. The Bertz CT molecular complexity index is 682. The van der Waals surface area contributed by atoms with Crippen LogP contribution in [0.4, 0.5) is 10.1 Å². The van der Waals surface area contributed by atoms with Gasteiger partial charge in [0.1, 0.15) is 0 Å². The van der Waals surface area contributed by atoms with E-state index in [2.05, 4.69) is 5.32 Å². The van der Waals surface area contributed by atoms with Gasteiger partial charge in [0.15, 0.2) is 17.3 Å². The van der Waals surface area contributed by atoms with Gasteiger partial charge in [0, 0.05) is 23.4 Å². The van der Waals surface area contributed by atoms with E-state index >= 15 is 0 Å². The highest BCUT2D eigenvalue weighted by molar-refractivity contribution is 6.09. The van der Waals surface area contributed by atoms with Crippen LogP contribution < -0.4 is 10.1 Å². The predicted octanol–water partition coefficient (Wildman–Crippen LogP) is 3.03. The van der Waals surface area contributed by atoms with Gasteiger partial charge in [0.2, 0.25) is 0 Å². The molecule has 2 aromatic rings. The zero-order valence-corrected chi connectivity index (χ0v) is 11.1. The zero-order valence-electron chi connectivity index (χ0n) is 11.1. The summed E-state index contributed by atoms with van der Waals surface area (Å²) >= 11 is 0. The molecule has 1 aliphatic heterocycles. The fraction of sp³-hybridized carbons (Fsp3) is 0.188. The number of carbonyl (C=O) groups excluding carboxylic acids is 1. The summed E-state index contributed by atoms with van der Waals surface area (Å²) in [6.45, 7) is 0.893. The lowest BCUT2D eigenvalue weighted by Gasteiger charge is -2.06. The molecule has 20 heavy (non-hydrogen) atoms. The Labute approximate surface area is 116 Å². The van der Waals surface area contributed by atoms with E-state index in [1.54, 1.807) is 12.1 Å². The second-order valence-electron chi connectivity index (χ2n) is 4.73. The Morgan fingerprint density at radius 3 is 2.70 bits per heavy atom. The third-order valence-electron chi connectivity index (χ3n) is 3.49. The van der Waals surface area contributed by atoms with Crippen LogP contribution in [0.25, 0.3) is 0 Å². The molecule has 3 rings (SSSR count). The van der Waals surface area contributed by atoms with E-state index in [-0.39, 0.29) is 11.5 Å². The third-order valence-corrected chi connectivity index (χ3v) is 3.49. The Morgan fingerprint density at radius 1 is 1.20 bits per heavy atom. The second-order valence-corrected chi connectivity index (χ2v) is 4.73. The van der Waals surface area contributed by atoms with Gasteiger partial charge in [-0.2, -0.15) is 0 Å². The van der Waals surface area contributed by atoms with Crippen molar-refractivity contribution in [3.05, 3.63) is 58.9 Å². The minimum Gasteiger partial charge on any atom is -0.494 e. The van der Waals surface area contributed by atoms with Gasteiger partial charge in [-0.1, -0.05) is 0 Å². The Hall–Kier alpha value is -2.36. The number of rotatable bonds is 3. The summed E-state index contributed by atoms with van der Waals surface area (Å²) in [5.41, 5.74) is 3.11. The van der Waals surface area contributed by atoms with Crippen molar-refractivity contribution in [1.29, 1.82) is 0 Å². The van der Waals surface area contributed by atoms with Crippen LogP contribution in [0.3, 0.4) is 0 Å². The topological polar surface area (TPSA) is 38.3 Å². The van der Waals surface area contributed by atoms with Crippen LogP contribution in [0.5, 0.6) is 5.75 Å². The van der Waals surface area contributed by atoms with Crippen molar-refractivity contribution in [2.75, 3.05) is 19.0 Å². The van der Waals surface area contributed by atoms with E-state index in [4.69, 9.17) is 4.74 Å². The maximum atomic E-state index is 13.7. The van der Waals surface area contributed by atoms with E-state index in [1.807, 2.05) is 12.1 Å². The molecule has 0 spiro atoms. The predicted molar refractivity (Wildman–Crippen MR) is 75.0 cm³/mol. The fourth-order valence-electron chi connectivity index (χ4n) is 2.42. The van der Waals surface area contributed by atoms with E-state index < -0.39 is 5.82 Å². The molecular formula is C16H14FNO2. The molecule has 0 fully saturated rings. The molecule has 0 aromatic heterocycles. The lowest BCUT2D eigenvalue weighted by molar-refractivity contribution is 0.103. The second kappa shape index (κ2) is 4.96. The summed E-state index contributed by atoms with van der Waals surface area (Å²) in [6.07, 6.45) is 0.910. The van der Waals surface area contributed by atoms with Gasteiger partial charge < -0.3 is 10.1 Å². The van der Waals surface area contributed by atoms with Gasteiger partial charge in [-0.3, -0.25) is 4.79 Å². The van der Waals surface area contributed by atoms with Crippen molar-refractivity contribution in [1.82, 2.24) is 0 Å². The standard InChI is InChI=1S/C16H14FNO2/c1-20-15-5-3-12(9-13(15)17)16(19)11-2-4-14-10(8-11)6-7-18-14/h2-5,8-9,18H,6-7H2,1H3. The van der Waals surface area contributed by atoms with E-state index in [1.165, 1.54) is 19.2 Å². The first-order chi connectivity index (χ1) is 9.69. The summed E-state index contributed by atoms with van der Waals surface area (Å²) in [7, 11) is 1.40. The SMILES string of the molecule is COc1ccc(C(=O)c2ccc3c(c2)CCN3)cc1F. The van der Waals surface area contributed by atoms with Crippen LogP contribution >= 0.6 is 0 Å². The molecular weight excluding hydrogens is 257 g/mol. The number of carbonyl (C=O) groups is 1. The average molecular weight is 271 g/mol. The van der Waals surface area contributed by atoms with Crippen molar-refractivity contribution in [3.63, 3.8) is 0 Å². The quantitative estimate of drug-likeness (QED) is 0.872. The molecule has 0 saturated carbocycles. The Morgan fingerprint density at radius 2 is 1.95 bits per heavy atom. The molecule has 0 atom stereocenters. The van der Waals surface area contributed by atoms with E-state index in [0.29, 0.717) is 11.1 Å². The highest BCUT2D eigenvalue weighted by atomic mass is 19.1. The summed E-state index contributed by atoms with van der Waals surface area (Å²) in [5, 5.41) is 3.24. The number of fused-ring (bicyclic) bond motifs is 1. The van der Waals surface area contributed by atoms with Crippen molar-refractivity contribution >= 4 is 11.5 Å². The molecule has 1 N–H and O–H groups in total. The fourth-order valence-corrected chi connectivity index (χ4v) is 2.42. The lowest BCUT2D eigenvalue weighted by Crippen LogP contribution is -2.03. The highest BCUT2D eigenvalue weighted by Crippen LogP contribution is 2.25. The number of methoxy groups -OCH3 is 1. The number of ketones is 1.